The summed E-state index contributed by atoms with van der Waals surface area (Å²) in [6.07, 6.45) is 2.24. The summed E-state index contributed by atoms with van der Waals surface area (Å²) in [6, 6.07) is 0. The van der Waals surface area contributed by atoms with E-state index in [9.17, 15) is 4.79 Å². The molecular formula is C10H20O4. The highest BCUT2D eigenvalue weighted by atomic mass is 16.6. The Hall–Kier alpha value is -0.610. The monoisotopic (exact) mass is 204 g/mol. The molecule has 0 saturated carbocycles. The number of unbranched alkanes of at least 4 members (excludes halogenated alkanes) is 1. The van der Waals surface area contributed by atoms with E-state index >= 15 is 0 Å². The molecule has 0 amide bonds. The molecule has 0 aliphatic rings. The Bertz CT molecular complexity index is 136. The fourth-order valence-corrected chi connectivity index (χ4v) is 0.813. The van der Waals surface area contributed by atoms with Crippen molar-refractivity contribution in [2.75, 3.05) is 33.0 Å². The zero-order valence-electron chi connectivity index (χ0n) is 9.08. The highest BCUT2D eigenvalue weighted by molar-refractivity contribution is 5.65. The number of hydrogen-bond acceptors (Lipinski definition) is 4. The maximum atomic E-state index is 10.3. The zero-order chi connectivity index (χ0) is 10.6. The lowest BCUT2D eigenvalue weighted by Gasteiger charge is -2.05. The van der Waals surface area contributed by atoms with Gasteiger partial charge >= 0.3 is 5.97 Å². The van der Waals surface area contributed by atoms with Crippen LogP contribution in [0.5, 0.6) is 0 Å². The maximum absolute atomic E-state index is 10.3. The minimum absolute atomic E-state index is 0.271. The quantitative estimate of drug-likeness (QED) is 0.420. The normalized spacial score (nSPS) is 10.1. The van der Waals surface area contributed by atoms with E-state index in [1.807, 2.05) is 0 Å². The van der Waals surface area contributed by atoms with Gasteiger partial charge in [0.1, 0.15) is 6.61 Å². The molecule has 0 aromatic rings. The van der Waals surface area contributed by atoms with Crippen LogP contribution in [0.15, 0.2) is 0 Å². The van der Waals surface area contributed by atoms with Crippen LogP contribution in [-0.4, -0.2) is 39.0 Å². The third-order valence-corrected chi connectivity index (χ3v) is 1.55. The Morgan fingerprint density at radius 3 is 2.14 bits per heavy atom. The van der Waals surface area contributed by atoms with Gasteiger partial charge in [-0.25, -0.2) is 0 Å². The van der Waals surface area contributed by atoms with Crippen molar-refractivity contribution in [3.8, 4) is 0 Å². The van der Waals surface area contributed by atoms with Crippen LogP contribution in [0, 0.1) is 0 Å². The van der Waals surface area contributed by atoms with Crippen molar-refractivity contribution < 1.29 is 19.0 Å². The molecule has 14 heavy (non-hydrogen) atoms. The summed E-state index contributed by atoms with van der Waals surface area (Å²) in [5.74, 6) is -0.271. The van der Waals surface area contributed by atoms with Crippen molar-refractivity contribution in [1.29, 1.82) is 0 Å². The van der Waals surface area contributed by atoms with Crippen LogP contribution in [-0.2, 0) is 19.0 Å². The summed E-state index contributed by atoms with van der Waals surface area (Å²) < 4.78 is 15.1. The molecule has 0 radical (unpaired) electrons. The summed E-state index contributed by atoms with van der Waals surface area (Å²) >= 11 is 0. The minimum Gasteiger partial charge on any atom is -0.463 e. The highest BCUT2D eigenvalue weighted by Crippen LogP contribution is 1.87. The van der Waals surface area contributed by atoms with Crippen LogP contribution < -0.4 is 0 Å². The van der Waals surface area contributed by atoms with Crippen LogP contribution in [0.4, 0.5) is 0 Å². The highest BCUT2D eigenvalue weighted by Gasteiger charge is 1.93. The van der Waals surface area contributed by atoms with Crippen LogP contribution in [0.1, 0.15) is 26.7 Å². The van der Waals surface area contributed by atoms with Crippen molar-refractivity contribution in [1.82, 2.24) is 0 Å². The van der Waals surface area contributed by atoms with Crippen LogP contribution in [0.3, 0.4) is 0 Å². The van der Waals surface area contributed by atoms with Crippen LogP contribution >= 0.6 is 0 Å². The molecule has 0 saturated heterocycles. The summed E-state index contributed by atoms with van der Waals surface area (Å²) in [5.41, 5.74) is 0. The molecule has 4 nitrogen and oxygen atoms in total. The topological polar surface area (TPSA) is 44.8 Å². The van der Waals surface area contributed by atoms with Crippen molar-refractivity contribution in [3.63, 3.8) is 0 Å². The lowest BCUT2D eigenvalue weighted by molar-refractivity contribution is -0.142. The van der Waals surface area contributed by atoms with Gasteiger partial charge in [0.2, 0.25) is 0 Å². The van der Waals surface area contributed by atoms with Gasteiger partial charge in [-0.15, -0.1) is 0 Å². The summed E-state index contributed by atoms with van der Waals surface area (Å²) in [6.45, 7) is 6.24. The molecule has 0 aromatic carbocycles. The van der Waals surface area contributed by atoms with E-state index < -0.39 is 0 Å². The number of esters is 1. The van der Waals surface area contributed by atoms with Crippen LogP contribution in [0.2, 0.25) is 0 Å². The molecule has 0 spiro atoms. The molecule has 0 bridgehead atoms. The van der Waals surface area contributed by atoms with E-state index in [1.165, 1.54) is 6.92 Å². The second-order valence-corrected chi connectivity index (χ2v) is 2.92. The first kappa shape index (κ1) is 13.4. The molecule has 0 aromatic heterocycles. The molecule has 0 heterocycles. The second-order valence-electron chi connectivity index (χ2n) is 2.92. The first-order valence-electron chi connectivity index (χ1n) is 5.06. The van der Waals surface area contributed by atoms with Gasteiger partial charge in [0.15, 0.2) is 0 Å². The Morgan fingerprint density at radius 2 is 1.57 bits per heavy atom. The minimum atomic E-state index is -0.271. The number of carbonyl (C=O) groups is 1. The molecule has 0 aliphatic carbocycles. The molecule has 4 heteroatoms. The molecule has 0 rings (SSSR count). The van der Waals surface area contributed by atoms with Gasteiger partial charge < -0.3 is 14.2 Å². The van der Waals surface area contributed by atoms with Gasteiger partial charge in [-0.05, 0) is 6.42 Å². The number of carbonyl (C=O) groups excluding carboxylic acids is 1. The lowest BCUT2D eigenvalue weighted by Crippen LogP contribution is -2.11. The number of rotatable bonds is 9. The SMILES string of the molecule is CCCCOCCOCCOC(C)=O. The van der Waals surface area contributed by atoms with Gasteiger partial charge in [-0.2, -0.15) is 0 Å². The smallest absolute Gasteiger partial charge is 0.302 e. The van der Waals surface area contributed by atoms with Crippen LogP contribution in [0.25, 0.3) is 0 Å². The molecule has 0 fully saturated rings. The molecule has 0 N–H and O–H groups in total. The van der Waals surface area contributed by atoms with Gasteiger partial charge in [0.25, 0.3) is 0 Å². The van der Waals surface area contributed by atoms with Crippen molar-refractivity contribution in [2.45, 2.75) is 26.7 Å². The largest absolute Gasteiger partial charge is 0.463 e. The number of hydrogen-bond donors (Lipinski definition) is 0. The van der Waals surface area contributed by atoms with E-state index in [-0.39, 0.29) is 5.97 Å². The molecule has 84 valence electrons. The first-order valence-corrected chi connectivity index (χ1v) is 5.06. The predicted molar refractivity (Wildman–Crippen MR) is 53.2 cm³/mol. The predicted octanol–water partition coefficient (Wildman–Crippen LogP) is 1.38. The van der Waals surface area contributed by atoms with Gasteiger partial charge in [-0.3, -0.25) is 4.79 Å². The van der Waals surface area contributed by atoms with E-state index in [0.29, 0.717) is 26.4 Å². The second kappa shape index (κ2) is 10.5. The van der Waals surface area contributed by atoms with E-state index in [4.69, 9.17) is 9.47 Å². The van der Waals surface area contributed by atoms with E-state index in [2.05, 4.69) is 11.7 Å². The molecule has 0 unspecified atom stereocenters. The third kappa shape index (κ3) is 11.4. The molecular weight excluding hydrogens is 184 g/mol. The Labute approximate surface area is 85.5 Å². The maximum Gasteiger partial charge on any atom is 0.302 e. The standard InChI is InChI=1S/C10H20O4/c1-3-4-5-12-6-7-13-8-9-14-10(2)11/h3-9H2,1-2H3. The van der Waals surface area contributed by atoms with Gasteiger partial charge in [0.05, 0.1) is 19.8 Å². The first-order chi connectivity index (χ1) is 6.77. The summed E-state index contributed by atoms with van der Waals surface area (Å²) in [5, 5.41) is 0. The zero-order valence-corrected chi connectivity index (χ0v) is 9.08. The fraction of sp³-hybridized carbons (Fsp3) is 0.900. The average molecular weight is 204 g/mol. The summed E-state index contributed by atoms with van der Waals surface area (Å²) in [4.78, 5) is 10.3. The van der Waals surface area contributed by atoms with Crippen molar-refractivity contribution in [3.05, 3.63) is 0 Å². The fourth-order valence-electron chi connectivity index (χ4n) is 0.813. The van der Waals surface area contributed by atoms with E-state index in [1.54, 1.807) is 0 Å². The summed E-state index contributed by atoms with van der Waals surface area (Å²) in [7, 11) is 0. The van der Waals surface area contributed by atoms with E-state index in [0.717, 1.165) is 19.4 Å². The lowest BCUT2D eigenvalue weighted by atomic mass is 10.4. The van der Waals surface area contributed by atoms with Crippen molar-refractivity contribution in [2.24, 2.45) is 0 Å². The van der Waals surface area contributed by atoms with Gasteiger partial charge in [0, 0.05) is 13.5 Å². The molecule has 0 atom stereocenters. The average Bonchev–Trinajstić information content (AvgIpc) is 2.15. The van der Waals surface area contributed by atoms with Crippen molar-refractivity contribution >= 4 is 5.97 Å². The number of ether oxygens (including phenoxy) is 3. The van der Waals surface area contributed by atoms with Gasteiger partial charge in [-0.1, -0.05) is 13.3 Å². The Balaban J connectivity index is 2.88. The Morgan fingerprint density at radius 1 is 1.00 bits per heavy atom. The molecule has 0 aliphatic heterocycles. The third-order valence-electron chi connectivity index (χ3n) is 1.55. The Kier molecular flexibility index (Phi) is 10.0.